The topological polar surface area (TPSA) is 65.7 Å². The summed E-state index contributed by atoms with van der Waals surface area (Å²) in [5, 5.41) is 0.497. The van der Waals surface area contributed by atoms with Crippen LogP contribution in [0.3, 0.4) is 0 Å². The van der Waals surface area contributed by atoms with Crippen LogP contribution in [0.15, 0.2) is 34.0 Å². The van der Waals surface area contributed by atoms with Crippen LogP contribution in [0.4, 0.5) is 0 Å². The SMILES string of the molecule is O=c1ccc2c(=O)[nH]ccc2[nH]1. The van der Waals surface area contributed by atoms with Crippen molar-refractivity contribution >= 4 is 10.9 Å². The molecule has 0 saturated carbocycles. The van der Waals surface area contributed by atoms with Gasteiger partial charge in [-0.1, -0.05) is 0 Å². The Balaban J connectivity index is 3.06. The molecule has 4 nitrogen and oxygen atoms in total. The number of aromatic amines is 2. The first kappa shape index (κ1) is 6.84. The highest BCUT2D eigenvalue weighted by Crippen LogP contribution is 1.99. The highest BCUT2D eigenvalue weighted by Gasteiger charge is 1.95. The molecule has 0 spiro atoms. The monoisotopic (exact) mass is 162 g/mol. The molecule has 0 bridgehead atoms. The number of H-pyrrole nitrogens is 2. The molecule has 0 aliphatic heterocycles. The molecule has 2 heterocycles. The molecule has 0 radical (unpaired) electrons. The average Bonchev–Trinajstić information content (AvgIpc) is 2.04. The van der Waals surface area contributed by atoms with E-state index in [0.717, 1.165) is 0 Å². The van der Waals surface area contributed by atoms with Crippen LogP contribution in [0.1, 0.15) is 0 Å². The minimum absolute atomic E-state index is 0.191. The van der Waals surface area contributed by atoms with Crippen molar-refractivity contribution in [3.63, 3.8) is 0 Å². The lowest BCUT2D eigenvalue weighted by Crippen LogP contribution is -2.10. The minimum atomic E-state index is -0.201. The average molecular weight is 162 g/mol. The van der Waals surface area contributed by atoms with E-state index in [0.29, 0.717) is 10.9 Å². The molecule has 0 unspecified atom stereocenters. The number of hydrogen-bond donors (Lipinski definition) is 2. The number of rotatable bonds is 0. The summed E-state index contributed by atoms with van der Waals surface area (Å²) in [4.78, 5) is 27.0. The van der Waals surface area contributed by atoms with Gasteiger partial charge in [-0.3, -0.25) is 9.59 Å². The third-order valence-electron chi connectivity index (χ3n) is 1.66. The smallest absolute Gasteiger partial charge is 0.257 e. The van der Waals surface area contributed by atoms with Gasteiger partial charge in [-0.2, -0.15) is 0 Å². The normalized spacial score (nSPS) is 10.3. The fourth-order valence-electron chi connectivity index (χ4n) is 1.10. The van der Waals surface area contributed by atoms with E-state index in [2.05, 4.69) is 9.97 Å². The second-order valence-electron chi connectivity index (χ2n) is 2.46. The van der Waals surface area contributed by atoms with E-state index in [1.807, 2.05) is 0 Å². The van der Waals surface area contributed by atoms with Gasteiger partial charge >= 0.3 is 0 Å². The van der Waals surface area contributed by atoms with Gasteiger partial charge in [0, 0.05) is 12.3 Å². The van der Waals surface area contributed by atoms with Gasteiger partial charge < -0.3 is 9.97 Å². The molecule has 2 aromatic heterocycles. The molecule has 0 aromatic carbocycles. The number of aromatic nitrogens is 2. The number of nitrogens with one attached hydrogen (secondary N) is 2. The highest BCUT2D eigenvalue weighted by molar-refractivity contribution is 5.76. The van der Waals surface area contributed by atoms with Gasteiger partial charge in [0.1, 0.15) is 0 Å². The van der Waals surface area contributed by atoms with Crippen LogP contribution in [-0.2, 0) is 0 Å². The predicted octanol–water partition coefficient (Wildman–Crippen LogP) is 0.216. The summed E-state index contributed by atoms with van der Waals surface area (Å²) in [6.45, 7) is 0. The van der Waals surface area contributed by atoms with Gasteiger partial charge in [0.05, 0.1) is 10.9 Å². The predicted molar refractivity (Wildman–Crippen MR) is 45.2 cm³/mol. The molecule has 0 fully saturated rings. The molecule has 0 aliphatic carbocycles. The van der Waals surface area contributed by atoms with E-state index in [1.165, 1.54) is 18.3 Å². The minimum Gasteiger partial charge on any atom is -0.328 e. The molecule has 2 aromatic rings. The Morgan fingerprint density at radius 1 is 1.08 bits per heavy atom. The van der Waals surface area contributed by atoms with Crippen molar-refractivity contribution in [1.29, 1.82) is 0 Å². The molecule has 12 heavy (non-hydrogen) atoms. The Labute approximate surface area is 66.9 Å². The molecule has 4 heteroatoms. The Morgan fingerprint density at radius 3 is 2.75 bits per heavy atom. The Bertz CT molecular complexity index is 524. The third-order valence-corrected chi connectivity index (χ3v) is 1.66. The summed E-state index contributed by atoms with van der Waals surface area (Å²) < 4.78 is 0. The molecule has 60 valence electrons. The van der Waals surface area contributed by atoms with Gasteiger partial charge in [-0.05, 0) is 12.1 Å². The zero-order valence-corrected chi connectivity index (χ0v) is 6.13. The fraction of sp³-hybridized carbons (Fsp3) is 0. The van der Waals surface area contributed by atoms with Crippen LogP contribution >= 0.6 is 0 Å². The Hall–Kier alpha value is -1.84. The Morgan fingerprint density at radius 2 is 1.92 bits per heavy atom. The van der Waals surface area contributed by atoms with Gasteiger partial charge in [-0.25, -0.2) is 0 Å². The van der Waals surface area contributed by atoms with Crippen molar-refractivity contribution in [2.45, 2.75) is 0 Å². The summed E-state index contributed by atoms with van der Waals surface area (Å²) >= 11 is 0. The maximum Gasteiger partial charge on any atom is 0.257 e. The van der Waals surface area contributed by atoms with Crippen molar-refractivity contribution in [2.24, 2.45) is 0 Å². The first-order valence-electron chi connectivity index (χ1n) is 3.48. The molecule has 0 atom stereocenters. The number of fused-ring (bicyclic) bond motifs is 1. The molecule has 0 aliphatic rings. The van der Waals surface area contributed by atoms with Gasteiger partial charge in [0.15, 0.2) is 0 Å². The van der Waals surface area contributed by atoms with Gasteiger partial charge in [0.25, 0.3) is 5.56 Å². The lowest BCUT2D eigenvalue weighted by atomic mass is 10.3. The summed E-state index contributed by atoms with van der Waals surface area (Å²) in [5.74, 6) is 0. The maximum absolute atomic E-state index is 11.1. The molecule has 2 rings (SSSR count). The van der Waals surface area contributed by atoms with Crippen molar-refractivity contribution < 1.29 is 0 Å². The molecular formula is C8H6N2O2. The zero-order chi connectivity index (χ0) is 8.55. The Kier molecular flexibility index (Phi) is 1.33. The van der Waals surface area contributed by atoms with Gasteiger partial charge in [0.2, 0.25) is 5.56 Å². The van der Waals surface area contributed by atoms with E-state index in [1.54, 1.807) is 6.07 Å². The third kappa shape index (κ3) is 0.934. The van der Waals surface area contributed by atoms with E-state index in [9.17, 15) is 9.59 Å². The van der Waals surface area contributed by atoms with E-state index < -0.39 is 0 Å². The van der Waals surface area contributed by atoms with Crippen LogP contribution in [0.2, 0.25) is 0 Å². The van der Waals surface area contributed by atoms with Crippen LogP contribution in [0.25, 0.3) is 10.9 Å². The van der Waals surface area contributed by atoms with Crippen molar-refractivity contribution in [3.05, 3.63) is 45.1 Å². The first-order valence-corrected chi connectivity index (χ1v) is 3.48. The van der Waals surface area contributed by atoms with E-state index in [-0.39, 0.29) is 11.1 Å². The summed E-state index contributed by atoms with van der Waals surface area (Å²) in [7, 11) is 0. The second kappa shape index (κ2) is 2.34. The maximum atomic E-state index is 11.1. The van der Waals surface area contributed by atoms with Crippen molar-refractivity contribution in [3.8, 4) is 0 Å². The summed E-state index contributed by atoms with van der Waals surface area (Å²) in [6, 6.07) is 4.49. The zero-order valence-electron chi connectivity index (χ0n) is 6.13. The molecule has 2 N–H and O–H groups in total. The standard InChI is InChI=1S/C8H6N2O2/c11-7-2-1-5-6(10-7)3-4-9-8(5)12/h1-4H,(H,9,12)(H,10,11). The van der Waals surface area contributed by atoms with Crippen LogP contribution < -0.4 is 11.1 Å². The van der Waals surface area contributed by atoms with Crippen LogP contribution in [-0.4, -0.2) is 9.97 Å². The van der Waals surface area contributed by atoms with E-state index in [4.69, 9.17) is 0 Å². The largest absolute Gasteiger partial charge is 0.328 e. The first-order chi connectivity index (χ1) is 5.77. The van der Waals surface area contributed by atoms with Crippen LogP contribution in [0, 0.1) is 0 Å². The molecule has 0 amide bonds. The van der Waals surface area contributed by atoms with Crippen molar-refractivity contribution in [2.75, 3.05) is 0 Å². The van der Waals surface area contributed by atoms with Crippen molar-refractivity contribution in [1.82, 2.24) is 9.97 Å². The quantitative estimate of drug-likeness (QED) is 0.581. The summed E-state index contributed by atoms with van der Waals surface area (Å²) in [6.07, 6.45) is 1.50. The number of hydrogen-bond acceptors (Lipinski definition) is 2. The van der Waals surface area contributed by atoms with E-state index >= 15 is 0 Å². The summed E-state index contributed by atoms with van der Waals surface area (Å²) in [5.41, 5.74) is 0.170. The fourth-order valence-corrected chi connectivity index (χ4v) is 1.10. The number of pyridine rings is 2. The lowest BCUT2D eigenvalue weighted by Gasteiger charge is -1.92. The lowest BCUT2D eigenvalue weighted by molar-refractivity contribution is 1.23. The van der Waals surface area contributed by atoms with Gasteiger partial charge in [-0.15, -0.1) is 0 Å². The molecule has 0 saturated heterocycles. The van der Waals surface area contributed by atoms with Crippen LogP contribution in [0.5, 0.6) is 0 Å². The second-order valence-corrected chi connectivity index (χ2v) is 2.46. The highest BCUT2D eigenvalue weighted by atomic mass is 16.1. The molecular weight excluding hydrogens is 156 g/mol.